The fraction of sp³-hybridized carbons (Fsp3) is 0.455. The van der Waals surface area contributed by atoms with Crippen LogP contribution in [0.4, 0.5) is 13.2 Å². The standard InChI is InChI=1S/C11H14BrF3N2O/c1-2-18-6-10(17-16)7-3-4-9(12)8(5-7)11(13,14)15/h3-5,10,17H,2,6,16H2,1H3. The van der Waals surface area contributed by atoms with Crippen molar-refractivity contribution in [3.63, 3.8) is 0 Å². The topological polar surface area (TPSA) is 47.3 Å². The molecular weight excluding hydrogens is 313 g/mol. The van der Waals surface area contributed by atoms with Crippen molar-refractivity contribution in [1.82, 2.24) is 5.43 Å². The molecule has 1 unspecified atom stereocenters. The molecule has 0 spiro atoms. The van der Waals surface area contributed by atoms with Crippen molar-refractivity contribution in [1.29, 1.82) is 0 Å². The van der Waals surface area contributed by atoms with Gasteiger partial charge in [-0.15, -0.1) is 0 Å². The van der Waals surface area contributed by atoms with Crippen LogP contribution < -0.4 is 11.3 Å². The summed E-state index contributed by atoms with van der Waals surface area (Å²) < 4.78 is 43.4. The van der Waals surface area contributed by atoms with Gasteiger partial charge in [0.05, 0.1) is 18.2 Å². The molecule has 1 aromatic carbocycles. The van der Waals surface area contributed by atoms with Gasteiger partial charge in [0, 0.05) is 11.1 Å². The maximum Gasteiger partial charge on any atom is 0.417 e. The van der Waals surface area contributed by atoms with Crippen molar-refractivity contribution >= 4 is 15.9 Å². The quantitative estimate of drug-likeness (QED) is 0.646. The van der Waals surface area contributed by atoms with Crippen LogP contribution in [0, 0.1) is 0 Å². The van der Waals surface area contributed by atoms with Crippen LogP contribution >= 0.6 is 15.9 Å². The average molecular weight is 327 g/mol. The Morgan fingerprint density at radius 1 is 1.44 bits per heavy atom. The minimum Gasteiger partial charge on any atom is -0.380 e. The molecule has 0 aliphatic rings. The summed E-state index contributed by atoms with van der Waals surface area (Å²) in [6.45, 7) is 2.49. The fourth-order valence-corrected chi connectivity index (χ4v) is 1.92. The Morgan fingerprint density at radius 3 is 2.61 bits per heavy atom. The molecule has 1 rings (SSSR count). The first-order valence-corrected chi connectivity index (χ1v) is 6.10. The molecule has 0 bridgehead atoms. The highest BCUT2D eigenvalue weighted by Crippen LogP contribution is 2.36. The highest BCUT2D eigenvalue weighted by Gasteiger charge is 2.33. The smallest absolute Gasteiger partial charge is 0.380 e. The molecule has 0 saturated carbocycles. The van der Waals surface area contributed by atoms with Crippen LogP contribution in [-0.4, -0.2) is 13.2 Å². The summed E-state index contributed by atoms with van der Waals surface area (Å²) in [5.74, 6) is 5.32. The highest BCUT2D eigenvalue weighted by molar-refractivity contribution is 9.10. The lowest BCUT2D eigenvalue weighted by Crippen LogP contribution is -2.31. The Bertz CT molecular complexity index is 398. The van der Waals surface area contributed by atoms with E-state index in [4.69, 9.17) is 10.6 Å². The zero-order valence-electron chi connectivity index (χ0n) is 9.72. The lowest BCUT2D eigenvalue weighted by molar-refractivity contribution is -0.138. The van der Waals surface area contributed by atoms with Crippen LogP contribution in [0.1, 0.15) is 24.1 Å². The maximum atomic E-state index is 12.7. The van der Waals surface area contributed by atoms with Crippen molar-refractivity contribution in [2.75, 3.05) is 13.2 Å². The van der Waals surface area contributed by atoms with Crippen molar-refractivity contribution in [2.24, 2.45) is 5.84 Å². The molecule has 0 aliphatic carbocycles. The summed E-state index contributed by atoms with van der Waals surface area (Å²) >= 11 is 2.89. The molecule has 102 valence electrons. The molecule has 0 amide bonds. The van der Waals surface area contributed by atoms with E-state index in [2.05, 4.69) is 21.4 Å². The van der Waals surface area contributed by atoms with Crippen LogP contribution in [0.5, 0.6) is 0 Å². The molecule has 0 saturated heterocycles. The molecule has 1 aromatic rings. The zero-order valence-corrected chi connectivity index (χ0v) is 11.3. The molecule has 18 heavy (non-hydrogen) atoms. The molecule has 0 aromatic heterocycles. The summed E-state index contributed by atoms with van der Waals surface area (Å²) in [7, 11) is 0. The predicted octanol–water partition coefficient (Wildman–Crippen LogP) is 3.01. The van der Waals surface area contributed by atoms with Crippen LogP contribution in [-0.2, 0) is 10.9 Å². The van der Waals surface area contributed by atoms with Gasteiger partial charge in [0.15, 0.2) is 0 Å². The Balaban J connectivity index is 3.02. The minimum atomic E-state index is -4.40. The summed E-state index contributed by atoms with van der Waals surface area (Å²) in [5, 5.41) is 0. The van der Waals surface area contributed by atoms with Gasteiger partial charge in [0.25, 0.3) is 0 Å². The number of hydrogen-bond acceptors (Lipinski definition) is 3. The van der Waals surface area contributed by atoms with Gasteiger partial charge in [-0.25, -0.2) is 0 Å². The first-order chi connectivity index (χ1) is 8.40. The third kappa shape index (κ3) is 3.94. The molecule has 0 aliphatic heterocycles. The molecule has 0 heterocycles. The van der Waals surface area contributed by atoms with Crippen molar-refractivity contribution in [3.05, 3.63) is 33.8 Å². The number of ether oxygens (including phenoxy) is 1. The molecule has 0 fully saturated rings. The number of halogens is 4. The number of nitrogens with one attached hydrogen (secondary N) is 1. The lowest BCUT2D eigenvalue weighted by atomic mass is 10.0. The number of alkyl halides is 3. The summed E-state index contributed by atoms with van der Waals surface area (Å²) in [6, 6.07) is 3.52. The van der Waals surface area contributed by atoms with Gasteiger partial charge in [-0.1, -0.05) is 22.0 Å². The average Bonchev–Trinajstić information content (AvgIpc) is 2.30. The fourth-order valence-electron chi connectivity index (χ4n) is 1.45. The van der Waals surface area contributed by atoms with Gasteiger partial charge >= 0.3 is 6.18 Å². The van der Waals surface area contributed by atoms with Gasteiger partial charge in [-0.2, -0.15) is 13.2 Å². The number of nitrogens with two attached hydrogens (primary N) is 1. The van der Waals surface area contributed by atoms with Crippen molar-refractivity contribution < 1.29 is 17.9 Å². The third-order valence-electron chi connectivity index (χ3n) is 2.39. The molecule has 1 atom stereocenters. The monoisotopic (exact) mass is 326 g/mol. The summed E-state index contributed by atoms with van der Waals surface area (Å²) in [5.41, 5.74) is 2.15. The first-order valence-electron chi connectivity index (χ1n) is 5.30. The van der Waals surface area contributed by atoms with E-state index in [1.165, 1.54) is 6.07 Å². The van der Waals surface area contributed by atoms with E-state index in [1.54, 1.807) is 13.0 Å². The molecule has 3 N–H and O–H groups in total. The number of benzene rings is 1. The lowest BCUT2D eigenvalue weighted by Gasteiger charge is -2.18. The van der Waals surface area contributed by atoms with Crippen LogP contribution in [0.3, 0.4) is 0 Å². The second kappa shape index (κ2) is 6.51. The molecule has 0 radical (unpaired) electrons. The Labute approximate surface area is 112 Å². The Hall–Kier alpha value is -0.630. The number of rotatable bonds is 5. The van der Waals surface area contributed by atoms with Crippen LogP contribution in [0.25, 0.3) is 0 Å². The second-order valence-corrected chi connectivity index (χ2v) is 4.47. The second-order valence-electron chi connectivity index (χ2n) is 3.62. The van der Waals surface area contributed by atoms with Gasteiger partial charge in [0.1, 0.15) is 0 Å². The SMILES string of the molecule is CCOCC(NN)c1ccc(Br)c(C(F)(F)F)c1. The first kappa shape index (κ1) is 15.4. The van der Waals surface area contributed by atoms with E-state index in [0.717, 1.165) is 6.07 Å². The van der Waals surface area contributed by atoms with E-state index in [1.807, 2.05) is 0 Å². The van der Waals surface area contributed by atoms with Gasteiger partial charge in [0.2, 0.25) is 0 Å². The summed E-state index contributed by atoms with van der Waals surface area (Å²) in [4.78, 5) is 0. The van der Waals surface area contributed by atoms with Crippen LogP contribution in [0.15, 0.2) is 22.7 Å². The van der Waals surface area contributed by atoms with Crippen LogP contribution in [0.2, 0.25) is 0 Å². The molecule has 3 nitrogen and oxygen atoms in total. The Kier molecular flexibility index (Phi) is 5.58. The van der Waals surface area contributed by atoms with Gasteiger partial charge in [-0.3, -0.25) is 11.3 Å². The van der Waals surface area contributed by atoms with E-state index in [-0.39, 0.29) is 11.1 Å². The van der Waals surface area contributed by atoms with E-state index < -0.39 is 17.8 Å². The third-order valence-corrected chi connectivity index (χ3v) is 3.08. The Morgan fingerprint density at radius 2 is 2.11 bits per heavy atom. The van der Waals surface area contributed by atoms with Gasteiger partial charge < -0.3 is 4.74 Å². The maximum absolute atomic E-state index is 12.7. The van der Waals surface area contributed by atoms with E-state index >= 15 is 0 Å². The molecule has 7 heteroatoms. The normalized spacial score (nSPS) is 13.7. The van der Waals surface area contributed by atoms with E-state index in [0.29, 0.717) is 12.2 Å². The zero-order chi connectivity index (χ0) is 13.8. The predicted molar refractivity (Wildman–Crippen MR) is 65.7 cm³/mol. The number of hydrazine groups is 1. The molecular formula is C11H14BrF3N2O. The van der Waals surface area contributed by atoms with E-state index in [9.17, 15) is 13.2 Å². The van der Waals surface area contributed by atoms with Crippen molar-refractivity contribution in [3.8, 4) is 0 Å². The van der Waals surface area contributed by atoms with Crippen molar-refractivity contribution in [2.45, 2.75) is 19.1 Å². The summed E-state index contributed by atoms with van der Waals surface area (Å²) in [6.07, 6.45) is -4.40. The highest BCUT2D eigenvalue weighted by atomic mass is 79.9. The largest absolute Gasteiger partial charge is 0.417 e. The number of hydrogen-bond donors (Lipinski definition) is 2. The minimum absolute atomic E-state index is 0.00549. The van der Waals surface area contributed by atoms with Gasteiger partial charge in [-0.05, 0) is 24.6 Å².